The quantitative estimate of drug-likeness (QED) is 0.857. The van der Waals surface area contributed by atoms with E-state index in [0.29, 0.717) is 17.2 Å². The molecule has 0 aromatic carbocycles. The van der Waals surface area contributed by atoms with Gasteiger partial charge in [0.2, 0.25) is 0 Å². The molecule has 0 fully saturated rings. The van der Waals surface area contributed by atoms with Crippen LogP contribution in [0.5, 0.6) is 0 Å². The van der Waals surface area contributed by atoms with Crippen molar-refractivity contribution in [2.75, 3.05) is 13.7 Å². The van der Waals surface area contributed by atoms with Crippen LogP contribution in [0.1, 0.15) is 32.0 Å². The summed E-state index contributed by atoms with van der Waals surface area (Å²) in [6.07, 6.45) is -0.683. The van der Waals surface area contributed by atoms with E-state index in [-0.39, 0.29) is 12.5 Å². The van der Waals surface area contributed by atoms with Gasteiger partial charge in [0.25, 0.3) is 5.91 Å². The fraction of sp³-hybridized carbons (Fsp3) is 0.385. The topological polar surface area (TPSA) is 71.5 Å². The minimum Gasteiger partial charge on any atom is -0.387 e. The Morgan fingerprint density at radius 1 is 1.60 bits per heavy atom. The smallest absolute Gasteiger partial charge is 0.263 e. The molecule has 0 aliphatic rings. The second-order valence-corrected chi connectivity index (χ2v) is 6.10. The van der Waals surface area contributed by atoms with E-state index in [2.05, 4.69) is 10.3 Å². The second-order valence-electron chi connectivity index (χ2n) is 4.24. The van der Waals surface area contributed by atoms with Crippen molar-refractivity contribution in [3.8, 4) is 0 Å². The summed E-state index contributed by atoms with van der Waals surface area (Å²) >= 11 is 2.83. The number of carbonyl (C=O) groups is 1. The average Bonchev–Trinajstić information content (AvgIpc) is 3.06. The molecule has 0 saturated carbocycles. The molecule has 5 nitrogen and oxygen atoms in total. The molecule has 1 atom stereocenters. The normalized spacial score (nSPS) is 12.3. The van der Waals surface area contributed by atoms with Crippen LogP contribution in [-0.2, 0) is 11.3 Å². The number of rotatable bonds is 6. The highest BCUT2D eigenvalue weighted by Gasteiger charge is 2.16. The molecular weight excluding hydrogens is 296 g/mol. The lowest BCUT2D eigenvalue weighted by molar-refractivity contribution is 0.0920. The van der Waals surface area contributed by atoms with Gasteiger partial charge in [0.05, 0.1) is 18.4 Å². The number of aliphatic hydroxyl groups is 1. The summed E-state index contributed by atoms with van der Waals surface area (Å²) in [5.41, 5.74) is 1.50. The van der Waals surface area contributed by atoms with Crippen LogP contribution in [0.3, 0.4) is 0 Å². The van der Waals surface area contributed by atoms with Crippen LogP contribution in [-0.4, -0.2) is 29.7 Å². The molecule has 2 aromatic heterocycles. The maximum atomic E-state index is 12.1. The van der Waals surface area contributed by atoms with Gasteiger partial charge in [0.1, 0.15) is 9.88 Å². The molecule has 20 heavy (non-hydrogen) atoms. The number of thiophene rings is 1. The SMILES string of the molecule is COCc1nc(C)c(C(=O)NCC(O)c2ccsc2)s1. The number of nitrogens with one attached hydrogen (secondary N) is 1. The van der Waals surface area contributed by atoms with Crippen LogP contribution in [0.25, 0.3) is 0 Å². The maximum absolute atomic E-state index is 12.1. The van der Waals surface area contributed by atoms with Crippen molar-refractivity contribution in [3.05, 3.63) is 38.0 Å². The predicted molar refractivity (Wildman–Crippen MR) is 79.2 cm³/mol. The molecular formula is C13H16N2O3S2. The van der Waals surface area contributed by atoms with Crippen molar-refractivity contribution in [2.45, 2.75) is 19.6 Å². The predicted octanol–water partition coefficient (Wildman–Crippen LogP) is 2.12. The van der Waals surface area contributed by atoms with Gasteiger partial charge in [-0.05, 0) is 29.3 Å². The highest BCUT2D eigenvalue weighted by Crippen LogP contribution is 2.19. The van der Waals surface area contributed by atoms with Gasteiger partial charge in [0, 0.05) is 13.7 Å². The largest absolute Gasteiger partial charge is 0.387 e. The van der Waals surface area contributed by atoms with Crippen molar-refractivity contribution in [1.82, 2.24) is 10.3 Å². The molecule has 7 heteroatoms. The van der Waals surface area contributed by atoms with E-state index in [9.17, 15) is 9.90 Å². The Kier molecular flexibility index (Phi) is 5.24. The highest BCUT2D eigenvalue weighted by atomic mass is 32.1. The Morgan fingerprint density at radius 2 is 2.40 bits per heavy atom. The molecule has 2 N–H and O–H groups in total. The molecule has 2 rings (SSSR count). The van der Waals surface area contributed by atoms with E-state index in [1.807, 2.05) is 16.8 Å². The van der Waals surface area contributed by atoms with Crippen molar-refractivity contribution in [2.24, 2.45) is 0 Å². The van der Waals surface area contributed by atoms with Crippen LogP contribution in [0.15, 0.2) is 16.8 Å². The third-order valence-electron chi connectivity index (χ3n) is 2.70. The number of carbonyl (C=O) groups excluding carboxylic acids is 1. The number of ether oxygens (including phenoxy) is 1. The summed E-state index contributed by atoms with van der Waals surface area (Å²) in [6.45, 7) is 2.38. The lowest BCUT2D eigenvalue weighted by Gasteiger charge is -2.09. The minimum absolute atomic E-state index is 0.187. The number of nitrogens with zero attached hydrogens (tertiary/aromatic N) is 1. The van der Waals surface area contributed by atoms with Gasteiger partial charge in [-0.15, -0.1) is 11.3 Å². The van der Waals surface area contributed by atoms with E-state index in [0.717, 1.165) is 10.6 Å². The summed E-state index contributed by atoms with van der Waals surface area (Å²) in [7, 11) is 1.59. The number of aliphatic hydroxyl groups excluding tert-OH is 1. The molecule has 0 radical (unpaired) electrons. The fourth-order valence-corrected chi connectivity index (χ4v) is 3.36. The third kappa shape index (κ3) is 3.63. The van der Waals surface area contributed by atoms with Crippen LogP contribution in [0.4, 0.5) is 0 Å². The first kappa shape index (κ1) is 15.1. The maximum Gasteiger partial charge on any atom is 0.263 e. The first-order valence-electron chi connectivity index (χ1n) is 6.05. The molecule has 0 bridgehead atoms. The number of hydrogen-bond donors (Lipinski definition) is 2. The number of hydrogen-bond acceptors (Lipinski definition) is 6. The van der Waals surface area contributed by atoms with E-state index in [1.54, 1.807) is 14.0 Å². The Hall–Kier alpha value is -1.28. The van der Waals surface area contributed by atoms with Crippen molar-refractivity contribution < 1.29 is 14.6 Å². The van der Waals surface area contributed by atoms with Crippen molar-refractivity contribution >= 4 is 28.6 Å². The summed E-state index contributed by atoms with van der Waals surface area (Å²) in [5, 5.41) is 17.2. The fourth-order valence-electron chi connectivity index (χ4n) is 1.70. The lowest BCUT2D eigenvalue weighted by atomic mass is 10.2. The molecule has 0 spiro atoms. The average molecular weight is 312 g/mol. The van der Waals surface area contributed by atoms with Crippen LogP contribution in [0.2, 0.25) is 0 Å². The molecule has 1 unspecified atom stereocenters. The summed E-state index contributed by atoms with van der Waals surface area (Å²) in [5.74, 6) is -0.211. The van der Waals surface area contributed by atoms with Gasteiger partial charge in [-0.25, -0.2) is 4.98 Å². The van der Waals surface area contributed by atoms with E-state index in [1.165, 1.54) is 22.7 Å². The number of amides is 1. The van der Waals surface area contributed by atoms with E-state index < -0.39 is 6.10 Å². The van der Waals surface area contributed by atoms with Gasteiger partial charge < -0.3 is 15.2 Å². The van der Waals surface area contributed by atoms with E-state index in [4.69, 9.17) is 4.74 Å². The highest BCUT2D eigenvalue weighted by molar-refractivity contribution is 7.13. The zero-order valence-corrected chi connectivity index (χ0v) is 12.9. The second kappa shape index (κ2) is 6.94. The Morgan fingerprint density at radius 3 is 3.05 bits per heavy atom. The van der Waals surface area contributed by atoms with Crippen LogP contribution >= 0.6 is 22.7 Å². The van der Waals surface area contributed by atoms with Crippen LogP contribution < -0.4 is 5.32 Å². The van der Waals surface area contributed by atoms with Gasteiger partial charge in [0.15, 0.2) is 0 Å². The number of methoxy groups -OCH3 is 1. The summed E-state index contributed by atoms with van der Waals surface area (Å²) in [4.78, 5) is 16.9. The Balaban J connectivity index is 1.94. The summed E-state index contributed by atoms with van der Waals surface area (Å²) < 4.78 is 5.00. The zero-order valence-electron chi connectivity index (χ0n) is 11.3. The molecule has 2 heterocycles. The zero-order chi connectivity index (χ0) is 14.5. The molecule has 108 valence electrons. The third-order valence-corrected chi connectivity index (χ3v) is 4.53. The number of aryl methyl sites for hydroxylation is 1. The molecule has 1 amide bonds. The molecule has 0 aliphatic carbocycles. The summed E-state index contributed by atoms with van der Waals surface area (Å²) in [6, 6.07) is 1.84. The minimum atomic E-state index is -0.683. The van der Waals surface area contributed by atoms with Crippen LogP contribution in [0, 0.1) is 6.92 Å². The first-order valence-corrected chi connectivity index (χ1v) is 7.81. The van der Waals surface area contributed by atoms with Crippen molar-refractivity contribution in [3.63, 3.8) is 0 Å². The number of aromatic nitrogens is 1. The molecule has 0 saturated heterocycles. The first-order chi connectivity index (χ1) is 9.61. The molecule has 2 aromatic rings. The van der Waals surface area contributed by atoms with Crippen molar-refractivity contribution in [1.29, 1.82) is 0 Å². The van der Waals surface area contributed by atoms with Gasteiger partial charge in [-0.3, -0.25) is 4.79 Å². The lowest BCUT2D eigenvalue weighted by Crippen LogP contribution is -2.28. The van der Waals surface area contributed by atoms with Gasteiger partial charge in [-0.2, -0.15) is 11.3 Å². The number of thiazole rings is 1. The monoisotopic (exact) mass is 312 g/mol. The van der Waals surface area contributed by atoms with E-state index >= 15 is 0 Å². The Bertz CT molecular complexity index is 566. The Labute approximate surface area is 125 Å². The standard InChI is InChI=1S/C13H16N2O3S2/c1-8-12(20-11(15-8)6-18-2)13(17)14-5-10(16)9-3-4-19-7-9/h3-4,7,10,16H,5-6H2,1-2H3,(H,14,17). The van der Waals surface area contributed by atoms with Gasteiger partial charge >= 0.3 is 0 Å². The molecule has 0 aliphatic heterocycles. The van der Waals surface area contributed by atoms with Gasteiger partial charge in [-0.1, -0.05) is 0 Å².